The zero-order chi connectivity index (χ0) is 13.0. The molecule has 0 spiro atoms. The lowest BCUT2D eigenvalue weighted by molar-refractivity contribution is -0.117. The van der Waals surface area contributed by atoms with Crippen LogP contribution in [0.15, 0.2) is 22.0 Å². The van der Waals surface area contributed by atoms with Gasteiger partial charge in [0.25, 0.3) is 0 Å². The largest absolute Gasteiger partial charge is 0.350 e. The summed E-state index contributed by atoms with van der Waals surface area (Å²) in [7, 11) is 0. The fourth-order valence-electron chi connectivity index (χ4n) is 2.34. The van der Waals surface area contributed by atoms with Gasteiger partial charge < -0.3 is 5.32 Å². The Labute approximate surface area is 121 Å². The van der Waals surface area contributed by atoms with Gasteiger partial charge in [0.2, 0.25) is 5.91 Å². The molecule has 0 aliphatic heterocycles. The molecule has 98 valence electrons. The van der Waals surface area contributed by atoms with Crippen LogP contribution < -0.4 is 5.32 Å². The molecule has 1 amide bonds. The van der Waals surface area contributed by atoms with Gasteiger partial charge in [-0.2, -0.15) is 0 Å². The summed E-state index contributed by atoms with van der Waals surface area (Å²) in [6.45, 7) is 2.23. The number of rotatable bonds is 3. The van der Waals surface area contributed by atoms with Gasteiger partial charge >= 0.3 is 0 Å². The van der Waals surface area contributed by atoms with Crippen molar-refractivity contribution in [1.82, 2.24) is 5.32 Å². The van der Waals surface area contributed by atoms with Gasteiger partial charge in [-0.05, 0) is 52.9 Å². The first-order valence-corrected chi connectivity index (χ1v) is 8.00. The van der Waals surface area contributed by atoms with Gasteiger partial charge in [-0.25, -0.2) is 0 Å². The van der Waals surface area contributed by atoms with Crippen molar-refractivity contribution in [3.63, 3.8) is 0 Å². The number of carbonyl (C=O) groups is 1. The monoisotopic (exact) mass is 327 g/mol. The SMILES string of the molecule is C[C@@H]1CCCC[C@@H]1NC(=O)/C=C/c1ccc(Br)s1. The number of hydrogen-bond donors (Lipinski definition) is 1. The fraction of sp³-hybridized carbons (Fsp3) is 0.500. The molecule has 18 heavy (non-hydrogen) atoms. The molecule has 1 N–H and O–H groups in total. The lowest BCUT2D eigenvalue weighted by Gasteiger charge is -2.29. The van der Waals surface area contributed by atoms with E-state index in [1.165, 1.54) is 19.3 Å². The number of hydrogen-bond acceptors (Lipinski definition) is 2. The average molecular weight is 328 g/mol. The van der Waals surface area contributed by atoms with Crippen LogP contribution in [-0.2, 0) is 4.79 Å². The quantitative estimate of drug-likeness (QED) is 0.827. The number of carbonyl (C=O) groups excluding carboxylic acids is 1. The lowest BCUT2D eigenvalue weighted by Crippen LogP contribution is -2.40. The number of nitrogens with one attached hydrogen (secondary N) is 1. The van der Waals surface area contributed by atoms with Gasteiger partial charge in [0.15, 0.2) is 0 Å². The van der Waals surface area contributed by atoms with Crippen LogP contribution >= 0.6 is 27.3 Å². The second-order valence-corrected chi connectivity index (χ2v) is 7.35. The van der Waals surface area contributed by atoms with Crippen molar-refractivity contribution in [2.75, 3.05) is 0 Å². The topological polar surface area (TPSA) is 29.1 Å². The van der Waals surface area contributed by atoms with Crippen LogP contribution in [0.1, 0.15) is 37.5 Å². The Balaban J connectivity index is 1.86. The molecule has 1 saturated carbocycles. The van der Waals surface area contributed by atoms with Crippen molar-refractivity contribution in [2.24, 2.45) is 5.92 Å². The highest BCUT2D eigenvalue weighted by molar-refractivity contribution is 9.11. The van der Waals surface area contributed by atoms with Crippen molar-refractivity contribution in [3.8, 4) is 0 Å². The van der Waals surface area contributed by atoms with Crippen LogP contribution in [0.2, 0.25) is 0 Å². The molecule has 2 atom stereocenters. The van der Waals surface area contributed by atoms with Gasteiger partial charge in [-0.15, -0.1) is 11.3 Å². The van der Waals surface area contributed by atoms with Gasteiger partial charge in [0, 0.05) is 17.0 Å². The van der Waals surface area contributed by atoms with Gasteiger partial charge in [-0.3, -0.25) is 4.79 Å². The smallest absolute Gasteiger partial charge is 0.244 e. The highest BCUT2D eigenvalue weighted by Crippen LogP contribution is 2.24. The van der Waals surface area contributed by atoms with E-state index < -0.39 is 0 Å². The molecule has 2 nitrogen and oxygen atoms in total. The molecule has 0 bridgehead atoms. The van der Waals surface area contributed by atoms with E-state index in [1.807, 2.05) is 18.2 Å². The van der Waals surface area contributed by atoms with E-state index in [2.05, 4.69) is 28.2 Å². The maximum Gasteiger partial charge on any atom is 0.244 e. The minimum atomic E-state index is 0.0262. The molecule has 2 rings (SSSR count). The van der Waals surface area contributed by atoms with Crippen molar-refractivity contribution in [3.05, 3.63) is 26.9 Å². The van der Waals surface area contributed by atoms with Crippen LogP contribution in [0.3, 0.4) is 0 Å². The number of thiophene rings is 1. The van der Waals surface area contributed by atoms with E-state index in [9.17, 15) is 4.79 Å². The predicted molar refractivity (Wildman–Crippen MR) is 80.6 cm³/mol. The fourth-order valence-corrected chi connectivity index (χ4v) is 3.66. The highest BCUT2D eigenvalue weighted by Gasteiger charge is 2.21. The number of amides is 1. The Kier molecular flexibility index (Phi) is 5.01. The van der Waals surface area contributed by atoms with Gasteiger partial charge in [0.1, 0.15) is 0 Å². The van der Waals surface area contributed by atoms with E-state index >= 15 is 0 Å². The van der Waals surface area contributed by atoms with Gasteiger partial charge in [0.05, 0.1) is 3.79 Å². The highest BCUT2D eigenvalue weighted by atomic mass is 79.9. The molecule has 0 saturated heterocycles. The van der Waals surface area contributed by atoms with Crippen molar-refractivity contribution in [2.45, 2.75) is 38.6 Å². The van der Waals surface area contributed by atoms with Crippen LogP contribution in [-0.4, -0.2) is 11.9 Å². The average Bonchev–Trinajstić information content (AvgIpc) is 2.76. The third-order valence-electron chi connectivity index (χ3n) is 3.43. The summed E-state index contributed by atoms with van der Waals surface area (Å²) >= 11 is 5.04. The first-order chi connectivity index (χ1) is 8.65. The van der Waals surface area contributed by atoms with E-state index in [0.717, 1.165) is 15.1 Å². The van der Waals surface area contributed by atoms with Crippen molar-refractivity contribution < 1.29 is 4.79 Å². The second kappa shape index (κ2) is 6.53. The van der Waals surface area contributed by atoms with Crippen LogP contribution in [0.25, 0.3) is 6.08 Å². The molecule has 1 heterocycles. The zero-order valence-corrected chi connectivity index (χ0v) is 12.9. The van der Waals surface area contributed by atoms with Crippen LogP contribution in [0.4, 0.5) is 0 Å². The Hall–Kier alpha value is -0.610. The third-order valence-corrected chi connectivity index (χ3v) is 5.02. The minimum absolute atomic E-state index is 0.0262. The summed E-state index contributed by atoms with van der Waals surface area (Å²) in [6.07, 6.45) is 8.39. The Morgan fingerprint density at radius 2 is 2.22 bits per heavy atom. The predicted octanol–water partition coefficient (Wildman–Crippen LogP) is 4.22. The van der Waals surface area contributed by atoms with Crippen LogP contribution in [0, 0.1) is 5.92 Å². The molecule has 1 aliphatic carbocycles. The first kappa shape index (κ1) is 13.8. The summed E-state index contributed by atoms with van der Waals surface area (Å²) < 4.78 is 1.09. The Morgan fingerprint density at radius 1 is 1.44 bits per heavy atom. The van der Waals surface area contributed by atoms with Crippen molar-refractivity contribution in [1.29, 1.82) is 0 Å². The van der Waals surface area contributed by atoms with Crippen LogP contribution in [0.5, 0.6) is 0 Å². The van der Waals surface area contributed by atoms with Gasteiger partial charge in [-0.1, -0.05) is 19.8 Å². The molecular weight excluding hydrogens is 310 g/mol. The summed E-state index contributed by atoms with van der Waals surface area (Å²) in [5, 5.41) is 3.11. The standard InChI is InChI=1S/C14H18BrNOS/c1-10-4-2-3-5-12(10)16-14(17)9-7-11-6-8-13(15)18-11/h6-10,12H,2-5H2,1H3,(H,16,17)/b9-7+/t10-,12+/m1/s1. The number of halogens is 1. The molecule has 1 fully saturated rings. The lowest BCUT2D eigenvalue weighted by atomic mass is 9.86. The van der Waals surface area contributed by atoms with E-state index in [0.29, 0.717) is 12.0 Å². The molecule has 0 radical (unpaired) electrons. The maximum absolute atomic E-state index is 11.8. The summed E-state index contributed by atoms with van der Waals surface area (Å²) in [4.78, 5) is 12.9. The summed E-state index contributed by atoms with van der Waals surface area (Å²) in [5.74, 6) is 0.630. The summed E-state index contributed by atoms with van der Waals surface area (Å²) in [5.41, 5.74) is 0. The molecule has 0 unspecified atom stereocenters. The molecule has 4 heteroatoms. The van der Waals surface area contributed by atoms with E-state index in [1.54, 1.807) is 17.4 Å². The Morgan fingerprint density at radius 3 is 2.89 bits per heavy atom. The normalized spacial score (nSPS) is 24.3. The molecule has 0 aromatic carbocycles. The molecular formula is C14H18BrNOS. The molecule has 1 aliphatic rings. The maximum atomic E-state index is 11.8. The molecule has 1 aromatic heterocycles. The van der Waals surface area contributed by atoms with E-state index in [4.69, 9.17) is 0 Å². The molecule has 1 aromatic rings. The third kappa shape index (κ3) is 3.95. The zero-order valence-electron chi connectivity index (χ0n) is 10.5. The summed E-state index contributed by atoms with van der Waals surface area (Å²) in [6, 6.07) is 4.35. The Bertz CT molecular complexity index is 441. The van der Waals surface area contributed by atoms with E-state index in [-0.39, 0.29) is 5.91 Å². The van der Waals surface area contributed by atoms with Crippen molar-refractivity contribution >= 4 is 39.2 Å². The first-order valence-electron chi connectivity index (χ1n) is 6.39. The second-order valence-electron chi connectivity index (χ2n) is 4.85. The minimum Gasteiger partial charge on any atom is -0.350 e.